The molecule has 0 aliphatic carbocycles. The number of amides is 1. The third-order valence-corrected chi connectivity index (χ3v) is 7.85. The number of nitrogens with zero attached hydrogens (tertiary/aromatic N) is 2. The first kappa shape index (κ1) is 31.3. The van der Waals surface area contributed by atoms with Crippen LogP contribution in [-0.4, -0.2) is 64.2 Å². The van der Waals surface area contributed by atoms with E-state index >= 15 is 0 Å². The van der Waals surface area contributed by atoms with Gasteiger partial charge in [-0.25, -0.2) is 16.8 Å². The van der Waals surface area contributed by atoms with Crippen LogP contribution in [0.2, 0.25) is 0 Å². The van der Waals surface area contributed by atoms with Crippen LogP contribution in [0, 0.1) is 17.2 Å². The minimum absolute atomic E-state index is 0.0849. The molecular formula is C25H30F3N3O5S2. The molecule has 0 aliphatic heterocycles. The zero-order valence-corrected chi connectivity index (χ0v) is 22.9. The average molecular weight is 574 g/mol. The first-order chi connectivity index (χ1) is 17.3. The second-order valence-electron chi connectivity index (χ2n) is 9.59. The monoisotopic (exact) mass is 573 g/mol. The Hall–Kier alpha value is -2.95. The van der Waals surface area contributed by atoms with Gasteiger partial charge >= 0.3 is 6.18 Å². The first-order valence-corrected chi connectivity index (χ1v) is 15.4. The van der Waals surface area contributed by atoms with Crippen molar-refractivity contribution < 1.29 is 34.8 Å². The maximum Gasteiger partial charge on any atom is 0.408 e. The number of benzene rings is 2. The molecule has 1 amide bonds. The maximum atomic E-state index is 14.6. The van der Waals surface area contributed by atoms with E-state index in [1.807, 2.05) is 0 Å². The summed E-state index contributed by atoms with van der Waals surface area (Å²) in [5.74, 6) is -2.33. The van der Waals surface area contributed by atoms with E-state index < -0.39 is 55.6 Å². The van der Waals surface area contributed by atoms with Crippen molar-refractivity contribution in [2.24, 2.45) is 11.7 Å². The van der Waals surface area contributed by atoms with Crippen molar-refractivity contribution in [1.29, 1.82) is 5.26 Å². The van der Waals surface area contributed by atoms with Gasteiger partial charge in [0, 0.05) is 12.5 Å². The number of carbonyl (C=O) groups excluding carboxylic acids is 1. The lowest BCUT2D eigenvalue weighted by Gasteiger charge is -2.40. The third kappa shape index (κ3) is 8.28. The molecule has 0 unspecified atom stereocenters. The van der Waals surface area contributed by atoms with E-state index in [0.717, 1.165) is 12.5 Å². The summed E-state index contributed by atoms with van der Waals surface area (Å²) in [6, 6.07) is 6.67. The minimum Gasteiger partial charge on any atom is -0.368 e. The largest absolute Gasteiger partial charge is 0.408 e. The molecule has 2 rings (SSSR count). The van der Waals surface area contributed by atoms with E-state index in [4.69, 9.17) is 5.73 Å². The lowest BCUT2D eigenvalue weighted by Crippen LogP contribution is -2.56. The van der Waals surface area contributed by atoms with Crippen molar-refractivity contribution in [3.05, 3.63) is 54.1 Å². The molecule has 2 N–H and O–H groups in total. The Kier molecular flexibility index (Phi) is 9.74. The maximum absolute atomic E-state index is 14.6. The van der Waals surface area contributed by atoms with Gasteiger partial charge in [-0.2, -0.15) is 18.4 Å². The standard InChI is InChI=1S/C25H30F3N3O5S2/c1-16(2)13-22(24(30)32)31(20(14-29)15-37(3,33)34)23(25(26,27)28)19-7-5-17(6-8-19)18-9-11-21(12-10-18)38(4,35)36/h5-12,16,20,22-23H,13,15H2,1-4H3,(H2,30,32)/t20-,22+,23+/m1/s1. The van der Waals surface area contributed by atoms with Gasteiger partial charge in [0.05, 0.1) is 22.8 Å². The third-order valence-electron chi connectivity index (χ3n) is 5.80. The van der Waals surface area contributed by atoms with E-state index in [1.165, 1.54) is 48.5 Å². The van der Waals surface area contributed by atoms with Gasteiger partial charge in [0.1, 0.15) is 21.9 Å². The Balaban J connectivity index is 2.66. The van der Waals surface area contributed by atoms with Crippen LogP contribution in [0.25, 0.3) is 11.1 Å². The molecule has 0 spiro atoms. The van der Waals surface area contributed by atoms with Crippen LogP contribution in [0.1, 0.15) is 31.9 Å². The summed E-state index contributed by atoms with van der Waals surface area (Å²) in [7, 11) is -7.34. The van der Waals surface area contributed by atoms with Crippen molar-refractivity contribution in [1.82, 2.24) is 4.90 Å². The van der Waals surface area contributed by atoms with Crippen molar-refractivity contribution >= 4 is 25.6 Å². The molecule has 208 valence electrons. The van der Waals surface area contributed by atoms with Gasteiger partial charge in [0.25, 0.3) is 0 Å². The van der Waals surface area contributed by atoms with Crippen molar-refractivity contribution in [3.8, 4) is 17.2 Å². The van der Waals surface area contributed by atoms with E-state index in [0.29, 0.717) is 16.0 Å². The van der Waals surface area contributed by atoms with Crippen LogP contribution in [0.5, 0.6) is 0 Å². The Morgan fingerprint density at radius 2 is 1.45 bits per heavy atom. The molecule has 0 radical (unpaired) electrons. The Bertz CT molecular complexity index is 1380. The fraction of sp³-hybridized carbons (Fsp3) is 0.440. The molecule has 3 atom stereocenters. The quantitative estimate of drug-likeness (QED) is 0.434. The van der Waals surface area contributed by atoms with Crippen LogP contribution in [0.3, 0.4) is 0 Å². The molecule has 2 aromatic carbocycles. The highest BCUT2D eigenvalue weighted by molar-refractivity contribution is 7.91. The number of halogens is 3. The number of carbonyl (C=O) groups is 1. The summed E-state index contributed by atoms with van der Waals surface area (Å²) < 4.78 is 91.2. The number of nitrogens with two attached hydrogens (primary N) is 1. The molecule has 13 heteroatoms. The van der Waals surface area contributed by atoms with Gasteiger partial charge in [-0.1, -0.05) is 50.2 Å². The SMILES string of the molecule is CC(C)C[C@@H](C(N)=O)N([C@H](C#N)CS(C)(=O)=O)[C@@H](c1ccc(-c2ccc(S(C)(=O)=O)cc2)cc1)C(F)(F)F. The number of alkyl halides is 3. The number of hydrogen-bond donors (Lipinski definition) is 1. The van der Waals surface area contributed by atoms with E-state index in [2.05, 4.69) is 0 Å². The van der Waals surface area contributed by atoms with Crippen LogP contribution in [-0.2, 0) is 24.5 Å². The molecule has 8 nitrogen and oxygen atoms in total. The summed E-state index contributed by atoms with van der Waals surface area (Å²) in [6.07, 6.45) is -3.29. The number of hydrogen-bond acceptors (Lipinski definition) is 7. The van der Waals surface area contributed by atoms with Gasteiger partial charge in [-0.3, -0.25) is 9.69 Å². The molecule has 0 bridgehead atoms. The van der Waals surface area contributed by atoms with Crippen LogP contribution in [0.4, 0.5) is 13.2 Å². The van der Waals surface area contributed by atoms with Gasteiger partial charge in [-0.05, 0) is 41.2 Å². The van der Waals surface area contributed by atoms with Crippen LogP contribution in [0.15, 0.2) is 53.4 Å². The van der Waals surface area contributed by atoms with Crippen LogP contribution >= 0.6 is 0 Å². The first-order valence-electron chi connectivity index (χ1n) is 11.5. The second kappa shape index (κ2) is 11.8. The molecule has 0 saturated heterocycles. The van der Waals surface area contributed by atoms with Gasteiger partial charge in [0.15, 0.2) is 9.84 Å². The van der Waals surface area contributed by atoms with Crippen molar-refractivity contribution in [2.75, 3.05) is 18.3 Å². The summed E-state index contributed by atoms with van der Waals surface area (Å²) >= 11 is 0. The summed E-state index contributed by atoms with van der Waals surface area (Å²) in [5, 5.41) is 9.74. The predicted molar refractivity (Wildman–Crippen MR) is 137 cm³/mol. The highest BCUT2D eigenvalue weighted by atomic mass is 32.2. The molecule has 0 heterocycles. The van der Waals surface area contributed by atoms with Gasteiger partial charge in [-0.15, -0.1) is 0 Å². The van der Waals surface area contributed by atoms with E-state index in [-0.39, 0.29) is 22.8 Å². The van der Waals surface area contributed by atoms with Crippen LogP contribution < -0.4 is 5.73 Å². The van der Waals surface area contributed by atoms with E-state index in [9.17, 15) is 40.1 Å². The molecule has 0 aromatic heterocycles. The summed E-state index contributed by atoms with van der Waals surface area (Å²) in [6.45, 7) is 3.33. The lowest BCUT2D eigenvalue weighted by atomic mass is 9.94. The van der Waals surface area contributed by atoms with E-state index in [1.54, 1.807) is 19.9 Å². The molecule has 38 heavy (non-hydrogen) atoms. The second-order valence-corrected chi connectivity index (χ2v) is 13.8. The number of sulfone groups is 2. The number of rotatable bonds is 11. The molecule has 0 fully saturated rings. The molecule has 2 aromatic rings. The minimum atomic E-state index is -5.00. The number of primary amides is 1. The van der Waals surface area contributed by atoms with Gasteiger partial charge in [0.2, 0.25) is 5.91 Å². The average Bonchev–Trinajstić information content (AvgIpc) is 2.78. The molecular weight excluding hydrogens is 543 g/mol. The Labute approximate surface area is 221 Å². The highest BCUT2D eigenvalue weighted by Crippen LogP contribution is 2.41. The smallest absolute Gasteiger partial charge is 0.368 e. The highest BCUT2D eigenvalue weighted by Gasteiger charge is 2.51. The topological polar surface area (TPSA) is 138 Å². The fourth-order valence-electron chi connectivity index (χ4n) is 4.17. The molecule has 0 saturated carbocycles. The fourth-order valence-corrected chi connectivity index (χ4v) is 5.62. The van der Waals surface area contributed by atoms with Gasteiger partial charge < -0.3 is 5.73 Å². The lowest BCUT2D eigenvalue weighted by molar-refractivity contribution is -0.197. The Morgan fingerprint density at radius 1 is 0.974 bits per heavy atom. The summed E-state index contributed by atoms with van der Waals surface area (Å²) in [4.78, 5) is 13.0. The normalized spacial score (nSPS) is 15.2. The Morgan fingerprint density at radius 3 is 1.79 bits per heavy atom. The van der Waals surface area contributed by atoms with Crippen molar-refractivity contribution in [3.63, 3.8) is 0 Å². The zero-order chi connectivity index (χ0) is 29.1. The van der Waals surface area contributed by atoms with Crippen molar-refractivity contribution in [2.45, 2.75) is 49.5 Å². The predicted octanol–water partition coefficient (Wildman–Crippen LogP) is 3.50. The molecule has 0 aliphatic rings. The summed E-state index contributed by atoms with van der Waals surface area (Å²) in [5.41, 5.74) is 6.21. The zero-order valence-electron chi connectivity index (χ0n) is 21.3. The number of nitriles is 1.